The van der Waals surface area contributed by atoms with Gasteiger partial charge < -0.3 is 11.5 Å². The van der Waals surface area contributed by atoms with Gasteiger partial charge in [0.2, 0.25) is 5.91 Å². The second kappa shape index (κ2) is 4.91. The number of primary amides is 2. The fourth-order valence-corrected chi connectivity index (χ4v) is 1.54. The van der Waals surface area contributed by atoms with E-state index in [-0.39, 0.29) is 16.1 Å². The summed E-state index contributed by atoms with van der Waals surface area (Å²) < 4.78 is 0. The largest absolute Gasteiger partial charge is 0.366 e. The lowest BCUT2D eigenvalue weighted by atomic mass is 10.1. The van der Waals surface area contributed by atoms with E-state index in [1.54, 1.807) is 0 Å². The molecule has 3 amide bonds. The highest BCUT2D eigenvalue weighted by Crippen LogP contribution is 2.16. The highest BCUT2D eigenvalue weighted by molar-refractivity contribution is 7.80. The second-order valence-electron chi connectivity index (χ2n) is 2.87. The molecule has 1 rings (SSSR count). The minimum Gasteiger partial charge on any atom is -0.366 e. The number of benzene rings is 1. The quantitative estimate of drug-likeness (QED) is 0.683. The number of halogens is 1. The Morgan fingerprint density at radius 1 is 1.25 bits per heavy atom. The summed E-state index contributed by atoms with van der Waals surface area (Å²) in [4.78, 5) is 21.7. The Kier molecular flexibility index (Phi) is 3.81. The summed E-state index contributed by atoms with van der Waals surface area (Å²) in [5.41, 5.74) is 10.5. The third kappa shape index (κ3) is 2.91. The molecule has 0 fully saturated rings. The molecule has 84 valence electrons. The van der Waals surface area contributed by atoms with Crippen LogP contribution in [-0.2, 0) is 0 Å². The summed E-state index contributed by atoms with van der Waals surface area (Å²) >= 11 is 10.6. The Labute approximate surface area is 102 Å². The van der Waals surface area contributed by atoms with Crippen LogP contribution in [0.4, 0.5) is 4.79 Å². The molecular weight excluding hydrogens is 250 g/mol. The van der Waals surface area contributed by atoms with Crippen LogP contribution in [0.3, 0.4) is 0 Å². The van der Waals surface area contributed by atoms with E-state index < -0.39 is 11.9 Å². The van der Waals surface area contributed by atoms with Gasteiger partial charge in [-0.1, -0.05) is 23.8 Å². The van der Waals surface area contributed by atoms with E-state index in [2.05, 4.69) is 5.32 Å². The van der Waals surface area contributed by atoms with E-state index in [1.165, 1.54) is 18.2 Å². The molecule has 0 aliphatic heterocycles. The Morgan fingerprint density at radius 2 is 1.88 bits per heavy atom. The molecule has 0 atom stereocenters. The first-order chi connectivity index (χ1) is 7.41. The van der Waals surface area contributed by atoms with Crippen LogP contribution in [0.1, 0.15) is 15.9 Å². The van der Waals surface area contributed by atoms with Gasteiger partial charge in [-0.2, -0.15) is 0 Å². The van der Waals surface area contributed by atoms with Crippen molar-refractivity contribution in [3.63, 3.8) is 0 Å². The monoisotopic (exact) mass is 257 g/mol. The number of thiocarbonyl (C=S) groups is 1. The Morgan fingerprint density at radius 3 is 2.38 bits per heavy atom. The molecule has 1 aromatic carbocycles. The SMILES string of the molecule is NC(=O)NC(=S)c1cc(Cl)ccc1C(N)=O. The molecule has 0 saturated carbocycles. The molecule has 0 bridgehead atoms. The highest BCUT2D eigenvalue weighted by atomic mass is 35.5. The summed E-state index contributed by atoms with van der Waals surface area (Å²) in [6, 6.07) is 3.54. The molecule has 0 spiro atoms. The minimum atomic E-state index is -0.819. The van der Waals surface area contributed by atoms with E-state index in [9.17, 15) is 9.59 Å². The number of hydrogen-bond donors (Lipinski definition) is 3. The second-order valence-corrected chi connectivity index (χ2v) is 3.72. The lowest BCUT2D eigenvalue weighted by Crippen LogP contribution is -2.35. The lowest BCUT2D eigenvalue weighted by Gasteiger charge is -2.08. The minimum absolute atomic E-state index is 0.00352. The van der Waals surface area contributed by atoms with Gasteiger partial charge in [0.25, 0.3) is 0 Å². The molecule has 7 heteroatoms. The summed E-state index contributed by atoms with van der Waals surface area (Å²) in [6.45, 7) is 0. The zero-order valence-corrected chi connectivity index (χ0v) is 9.56. The number of carbonyl (C=O) groups is 2. The van der Waals surface area contributed by atoms with Gasteiger partial charge in [-0.3, -0.25) is 10.1 Å². The van der Waals surface area contributed by atoms with Crippen LogP contribution < -0.4 is 16.8 Å². The van der Waals surface area contributed by atoms with Crippen LogP contribution in [-0.4, -0.2) is 16.9 Å². The molecule has 0 heterocycles. The van der Waals surface area contributed by atoms with Crippen LogP contribution in [0.25, 0.3) is 0 Å². The number of amides is 3. The van der Waals surface area contributed by atoms with E-state index in [0.717, 1.165) is 0 Å². The molecule has 0 unspecified atom stereocenters. The number of carbonyl (C=O) groups excluding carboxylic acids is 2. The smallest absolute Gasteiger partial charge is 0.317 e. The molecule has 0 aliphatic rings. The van der Waals surface area contributed by atoms with Crippen molar-refractivity contribution in [2.45, 2.75) is 0 Å². The van der Waals surface area contributed by atoms with Gasteiger partial charge in [0.1, 0.15) is 4.99 Å². The maximum absolute atomic E-state index is 11.1. The van der Waals surface area contributed by atoms with Crippen LogP contribution >= 0.6 is 23.8 Å². The third-order valence-corrected chi connectivity index (χ3v) is 2.29. The molecule has 0 aliphatic carbocycles. The molecule has 5 N–H and O–H groups in total. The predicted molar refractivity (Wildman–Crippen MR) is 64.4 cm³/mol. The number of rotatable bonds is 2. The molecule has 16 heavy (non-hydrogen) atoms. The van der Waals surface area contributed by atoms with Gasteiger partial charge in [-0.15, -0.1) is 0 Å². The van der Waals surface area contributed by atoms with E-state index >= 15 is 0 Å². The Bertz CT molecular complexity index is 476. The number of hydrogen-bond acceptors (Lipinski definition) is 3. The summed E-state index contributed by atoms with van der Waals surface area (Å²) in [5, 5.41) is 2.55. The van der Waals surface area contributed by atoms with Crippen molar-refractivity contribution < 1.29 is 9.59 Å². The van der Waals surface area contributed by atoms with Crippen molar-refractivity contribution in [3.05, 3.63) is 34.3 Å². The fourth-order valence-electron chi connectivity index (χ4n) is 1.10. The first kappa shape index (κ1) is 12.4. The van der Waals surface area contributed by atoms with Gasteiger partial charge in [0.05, 0.1) is 0 Å². The Hall–Kier alpha value is -1.66. The van der Waals surface area contributed by atoms with Crippen molar-refractivity contribution in [2.75, 3.05) is 0 Å². The maximum atomic E-state index is 11.1. The third-order valence-electron chi connectivity index (χ3n) is 1.73. The summed E-state index contributed by atoms with van der Waals surface area (Å²) in [6.07, 6.45) is 0. The van der Waals surface area contributed by atoms with Gasteiger partial charge in [-0.25, -0.2) is 4.79 Å². The van der Waals surface area contributed by atoms with Crippen molar-refractivity contribution in [3.8, 4) is 0 Å². The molecular formula is C9H8ClN3O2S. The van der Waals surface area contributed by atoms with Crippen LogP contribution in [0.2, 0.25) is 5.02 Å². The average Bonchev–Trinajstić information content (AvgIpc) is 2.15. The molecule has 0 saturated heterocycles. The molecule has 0 aromatic heterocycles. The van der Waals surface area contributed by atoms with Crippen LogP contribution in [0.15, 0.2) is 18.2 Å². The zero-order valence-electron chi connectivity index (χ0n) is 7.99. The van der Waals surface area contributed by atoms with Crippen molar-refractivity contribution >= 4 is 40.7 Å². The first-order valence-electron chi connectivity index (χ1n) is 4.12. The number of urea groups is 1. The predicted octanol–water partition coefficient (Wildman–Crippen LogP) is 0.783. The molecule has 5 nitrogen and oxygen atoms in total. The number of nitrogens with one attached hydrogen (secondary N) is 1. The van der Waals surface area contributed by atoms with Crippen LogP contribution in [0, 0.1) is 0 Å². The van der Waals surface area contributed by atoms with Crippen molar-refractivity contribution in [1.82, 2.24) is 5.32 Å². The maximum Gasteiger partial charge on any atom is 0.317 e. The molecule has 1 aromatic rings. The van der Waals surface area contributed by atoms with Gasteiger partial charge in [0, 0.05) is 16.1 Å². The van der Waals surface area contributed by atoms with Gasteiger partial charge >= 0.3 is 6.03 Å². The Balaban J connectivity index is 3.19. The van der Waals surface area contributed by atoms with Crippen LogP contribution in [0.5, 0.6) is 0 Å². The van der Waals surface area contributed by atoms with Gasteiger partial charge in [-0.05, 0) is 18.2 Å². The van der Waals surface area contributed by atoms with Crippen molar-refractivity contribution in [2.24, 2.45) is 11.5 Å². The summed E-state index contributed by atoms with van der Waals surface area (Å²) in [5.74, 6) is -0.666. The fraction of sp³-hybridized carbons (Fsp3) is 0. The zero-order chi connectivity index (χ0) is 12.3. The van der Waals surface area contributed by atoms with E-state index in [1.807, 2.05) is 0 Å². The topological polar surface area (TPSA) is 98.2 Å². The lowest BCUT2D eigenvalue weighted by molar-refractivity contribution is 0.1000. The van der Waals surface area contributed by atoms with Crippen molar-refractivity contribution in [1.29, 1.82) is 0 Å². The molecule has 0 radical (unpaired) electrons. The van der Waals surface area contributed by atoms with E-state index in [0.29, 0.717) is 5.02 Å². The standard InChI is InChI=1S/C9H8ClN3O2S/c10-4-1-2-5(7(11)14)6(3-4)8(16)13-9(12)15/h1-3H,(H2,11,14)(H3,12,13,15,16). The average molecular weight is 258 g/mol. The summed E-state index contributed by atoms with van der Waals surface area (Å²) in [7, 11) is 0. The first-order valence-corrected chi connectivity index (χ1v) is 4.90. The normalized spacial score (nSPS) is 9.56. The number of nitrogens with two attached hydrogens (primary N) is 2. The van der Waals surface area contributed by atoms with E-state index in [4.69, 9.17) is 35.3 Å². The highest BCUT2D eigenvalue weighted by Gasteiger charge is 2.13. The van der Waals surface area contributed by atoms with Gasteiger partial charge in [0.15, 0.2) is 0 Å².